The van der Waals surface area contributed by atoms with Crippen molar-refractivity contribution in [1.82, 2.24) is 9.97 Å². The van der Waals surface area contributed by atoms with Gasteiger partial charge in [0.05, 0.1) is 5.56 Å². The second kappa shape index (κ2) is 9.50. The fourth-order valence-electron chi connectivity index (χ4n) is 2.45. The van der Waals surface area contributed by atoms with Crippen molar-refractivity contribution in [3.8, 4) is 5.75 Å². The first kappa shape index (κ1) is 21.5. The van der Waals surface area contributed by atoms with E-state index in [0.29, 0.717) is 27.6 Å². The number of aryl methyl sites for hydroxylation is 1. The van der Waals surface area contributed by atoms with Crippen LogP contribution in [0.3, 0.4) is 0 Å². The fourth-order valence-corrected chi connectivity index (χ4v) is 3.36. The molecule has 0 radical (unpaired) electrons. The maximum absolute atomic E-state index is 13.1. The van der Waals surface area contributed by atoms with Gasteiger partial charge in [0, 0.05) is 35.6 Å². The van der Waals surface area contributed by atoms with Crippen LogP contribution in [-0.4, -0.2) is 28.7 Å². The lowest BCUT2D eigenvalue weighted by Gasteiger charge is -2.17. The highest BCUT2D eigenvalue weighted by atomic mass is 32.2. The Morgan fingerprint density at radius 2 is 2.10 bits per heavy atom. The highest BCUT2D eigenvalue weighted by Gasteiger charge is 2.32. The standard InChI is InChI=1S/C21H16F3N3O2S/c1-14-11-16(4-5-18(14)29-21(23,24)13-22)27-19(28)17-3-2-8-26-20(17)30-12-15-6-9-25-10-7-15/h2-6,8-9,11H,12-13H2,1H3,(H,27,28). The first-order valence-corrected chi connectivity index (χ1v) is 9.72. The molecule has 1 amide bonds. The second-order valence-corrected chi connectivity index (χ2v) is 7.12. The summed E-state index contributed by atoms with van der Waals surface area (Å²) >= 11 is 1.36. The van der Waals surface area contributed by atoms with E-state index < -0.39 is 18.7 Å². The summed E-state index contributed by atoms with van der Waals surface area (Å²) in [5.41, 5.74) is 1.93. The van der Waals surface area contributed by atoms with Crippen molar-refractivity contribution in [1.29, 1.82) is 0 Å². The SMILES string of the molecule is Cc1cc(NC(=O)c2cccnc2SCc2c#cncc2)ccc1OC(F)(F)CF. The smallest absolute Gasteiger partial charge is 0.427 e. The maximum Gasteiger partial charge on any atom is 0.427 e. The Labute approximate surface area is 175 Å². The van der Waals surface area contributed by atoms with E-state index in [0.717, 1.165) is 5.56 Å². The van der Waals surface area contributed by atoms with Crippen LogP contribution in [0, 0.1) is 19.2 Å². The van der Waals surface area contributed by atoms with Crippen LogP contribution >= 0.6 is 11.8 Å². The second-order valence-electron chi connectivity index (χ2n) is 6.16. The normalized spacial score (nSPS) is 10.9. The number of hydrogen-bond acceptors (Lipinski definition) is 5. The number of rotatable bonds is 8. The van der Waals surface area contributed by atoms with Crippen molar-refractivity contribution < 1.29 is 22.7 Å². The number of hydrogen-bond donors (Lipinski definition) is 1. The van der Waals surface area contributed by atoms with E-state index in [1.54, 1.807) is 30.6 Å². The average Bonchev–Trinajstić information content (AvgIpc) is 2.75. The largest absolute Gasteiger partial charge is 0.430 e. The third kappa shape index (κ3) is 5.64. The number of nitrogens with zero attached hydrogens (tertiary/aromatic N) is 2. The number of ether oxygens (including phenoxy) is 1. The lowest BCUT2D eigenvalue weighted by molar-refractivity contribution is -0.186. The molecule has 0 atom stereocenters. The molecule has 1 N–H and O–H groups in total. The molecule has 5 nitrogen and oxygen atoms in total. The van der Waals surface area contributed by atoms with E-state index in [1.165, 1.54) is 36.9 Å². The van der Waals surface area contributed by atoms with Gasteiger partial charge in [0.15, 0.2) is 6.67 Å². The van der Waals surface area contributed by atoms with Crippen molar-refractivity contribution in [3.63, 3.8) is 0 Å². The highest BCUT2D eigenvalue weighted by Crippen LogP contribution is 2.29. The van der Waals surface area contributed by atoms with E-state index in [-0.39, 0.29) is 5.75 Å². The number of pyridine rings is 1. The van der Waals surface area contributed by atoms with Gasteiger partial charge in [0.2, 0.25) is 0 Å². The predicted molar refractivity (Wildman–Crippen MR) is 106 cm³/mol. The first-order chi connectivity index (χ1) is 14.4. The quantitative estimate of drug-likeness (QED) is 0.516. The third-order valence-corrected chi connectivity index (χ3v) is 4.91. The Kier molecular flexibility index (Phi) is 6.79. The number of nitrogens with one attached hydrogen (secondary N) is 1. The van der Waals surface area contributed by atoms with Crippen molar-refractivity contribution in [2.45, 2.75) is 23.8 Å². The molecule has 30 heavy (non-hydrogen) atoms. The van der Waals surface area contributed by atoms with Crippen LogP contribution in [0.1, 0.15) is 21.5 Å². The summed E-state index contributed by atoms with van der Waals surface area (Å²) in [6.45, 7) is -0.408. The number of thioether (sulfide) groups is 1. The summed E-state index contributed by atoms with van der Waals surface area (Å²) in [5, 5.41) is 3.24. The van der Waals surface area contributed by atoms with Gasteiger partial charge in [-0.05, 0) is 55.0 Å². The summed E-state index contributed by atoms with van der Waals surface area (Å²) in [5.74, 6) is -0.0405. The Morgan fingerprint density at radius 3 is 2.80 bits per heavy atom. The molecule has 2 aromatic heterocycles. The molecule has 0 aliphatic heterocycles. The number of anilines is 1. The zero-order valence-corrected chi connectivity index (χ0v) is 16.6. The van der Waals surface area contributed by atoms with Gasteiger partial charge >= 0.3 is 6.11 Å². The minimum absolute atomic E-state index is 0.168. The lowest BCUT2D eigenvalue weighted by atomic mass is 10.2. The van der Waals surface area contributed by atoms with E-state index in [1.807, 2.05) is 0 Å². The number of carbonyl (C=O) groups excluding carboxylic acids is 1. The molecule has 1 aromatic carbocycles. The van der Waals surface area contributed by atoms with Crippen molar-refractivity contribution in [2.75, 3.05) is 12.0 Å². The van der Waals surface area contributed by atoms with Crippen molar-refractivity contribution in [2.24, 2.45) is 0 Å². The molecule has 0 unspecified atom stereocenters. The minimum atomic E-state index is -3.90. The number of amides is 1. The molecule has 0 aliphatic carbocycles. The van der Waals surface area contributed by atoms with Gasteiger partial charge in [0.25, 0.3) is 5.91 Å². The molecule has 0 saturated carbocycles. The molecule has 0 fully saturated rings. The zero-order chi connectivity index (χ0) is 21.6. The zero-order valence-electron chi connectivity index (χ0n) is 15.8. The number of benzene rings is 1. The van der Waals surface area contributed by atoms with Crippen LogP contribution in [-0.2, 0) is 5.75 Å². The van der Waals surface area contributed by atoms with Gasteiger partial charge in [-0.1, -0.05) is 0 Å². The van der Waals surface area contributed by atoms with Crippen LogP contribution in [0.25, 0.3) is 0 Å². The highest BCUT2D eigenvalue weighted by molar-refractivity contribution is 7.98. The molecule has 2 heterocycles. The predicted octanol–water partition coefficient (Wildman–Crippen LogP) is 4.87. The van der Waals surface area contributed by atoms with Gasteiger partial charge in [-0.2, -0.15) is 8.78 Å². The van der Waals surface area contributed by atoms with E-state index >= 15 is 0 Å². The van der Waals surface area contributed by atoms with Crippen LogP contribution in [0.4, 0.5) is 18.9 Å². The number of alkyl halides is 3. The molecule has 0 spiro atoms. The molecular formula is C21H16F3N3O2S. The molecule has 9 heteroatoms. The molecule has 3 aromatic rings. The van der Waals surface area contributed by atoms with Gasteiger partial charge in [-0.25, -0.2) is 14.4 Å². The van der Waals surface area contributed by atoms with Crippen LogP contribution in [0.5, 0.6) is 5.75 Å². The van der Waals surface area contributed by atoms with Crippen LogP contribution < -0.4 is 10.1 Å². The summed E-state index contributed by atoms with van der Waals surface area (Å²) in [7, 11) is 0. The number of aromatic nitrogens is 2. The Bertz CT molecular complexity index is 1020. The molecule has 154 valence electrons. The van der Waals surface area contributed by atoms with Gasteiger partial charge in [-0.3, -0.25) is 4.79 Å². The van der Waals surface area contributed by atoms with Gasteiger partial charge in [-0.15, -0.1) is 11.8 Å². The molecule has 0 saturated heterocycles. The van der Waals surface area contributed by atoms with E-state index in [9.17, 15) is 18.0 Å². The summed E-state index contributed by atoms with van der Waals surface area (Å²) in [4.78, 5) is 20.8. The van der Waals surface area contributed by atoms with Crippen LogP contribution in [0.2, 0.25) is 0 Å². The van der Waals surface area contributed by atoms with E-state index in [2.05, 4.69) is 32.3 Å². The number of halogens is 3. The lowest BCUT2D eigenvalue weighted by Crippen LogP contribution is -2.27. The summed E-state index contributed by atoms with van der Waals surface area (Å²) in [6, 6.07) is 12.1. The first-order valence-electron chi connectivity index (χ1n) is 8.74. The summed E-state index contributed by atoms with van der Waals surface area (Å²) < 4.78 is 42.9. The van der Waals surface area contributed by atoms with E-state index in [4.69, 9.17) is 0 Å². The Hall–Kier alpha value is -3.25. The third-order valence-electron chi connectivity index (χ3n) is 3.86. The molecular weight excluding hydrogens is 415 g/mol. The fraction of sp³-hybridized carbons (Fsp3) is 0.190. The molecule has 0 aliphatic rings. The molecule has 0 bridgehead atoms. The Balaban J connectivity index is 1.71. The average molecular weight is 431 g/mol. The topological polar surface area (TPSA) is 64.1 Å². The van der Waals surface area contributed by atoms with Gasteiger partial charge < -0.3 is 10.1 Å². The maximum atomic E-state index is 13.1. The van der Waals surface area contributed by atoms with Crippen LogP contribution in [0.15, 0.2) is 53.8 Å². The monoisotopic (exact) mass is 431 g/mol. The minimum Gasteiger partial charge on any atom is -0.430 e. The van der Waals surface area contributed by atoms with Crippen molar-refractivity contribution in [3.05, 3.63) is 77.7 Å². The number of carbonyl (C=O) groups is 1. The molecule has 3 rings (SSSR count). The summed E-state index contributed by atoms with van der Waals surface area (Å²) in [6.07, 6.45) is 1.92. The van der Waals surface area contributed by atoms with Crippen molar-refractivity contribution >= 4 is 23.4 Å². The Morgan fingerprint density at radius 1 is 1.27 bits per heavy atom. The van der Waals surface area contributed by atoms with Gasteiger partial charge in [0.1, 0.15) is 10.8 Å².